The van der Waals surface area contributed by atoms with Crippen LogP contribution in [-0.4, -0.2) is 22.9 Å². The summed E-state index contributed by atoms with van der Waals surface area (Å²) in [5.74, 6) is 0.371. The van der Waals surface area contributed by atoms with Gasteiger partial charge in [-0.2, -0.15) is 0 Å². The molecule has 0 spiro atoms. The second-order valence-electron chi connectivity index (χ2n) is 3.26. The Bertz CT molecular complexity index is 528. The van der Waals surface area contributed by atoms with Gasteiger partial charge in [0.1, 0.15) is 0 Å². The maximum Gasteiger partial charge on any atom is 0.418 e. The van der Waals surface area contributed by atoms with Gasteiger partial charge in [0.25, 0.3) is 0 Å². The van der Waals surface area contributed by atoms with Gasteiger partial charge in [0.05, 0.1) is 7.11 Å². The molecule has 0 atom stereocenters. The van der Waals surface area contributed by atoms with Crippen LogP contribution in [0.25, 0.3) is 10.8 Å². The number of rotatable bonds is 1. The molecule has 15 heavy (non-hydrogen) atoms. The Morgan fingerprint density at radius 3 is 2.47 bits per heavy atom. The first-order chi connectivity index (χ1) is 7.16. The highest BCUT2D eigenvalue weighted by atomic mass is 16.5. The van der Waals surface area contributed by atoms with Crippen molar-refractivity contribution in [3.63, 3.8) is 0 Å². The van der Waals surface area contributed by atoms with Crippen LogP contribution in [0.5, 0.6) is 5.88 Å². The Morgan fingerprint density at radius 2 is 1.93 bits per heavy atom. The van der Waals surface area contributed by atoms with Gasteiger partial charge in [-0.3, -0.25) is 0 Å². The minimum absolute atomic E-state index is 0.371. The van der Waals surface area contributed by atoms with Crippen molar-refractivity contribution in [2.75, 3.05) is 7.11 Å². The number of methoxy groups -OCH3 is 1. The Labute approximate surface area is 86.7 Å². The Kier molecular flexibility index (Phi) is 2.11. The first kappa shape index (κ1) is 9.58. The number of carboxylic acid groups (broad SMARTS) is 1. The molecule has 1 aromatic carbocycles. The third kappa shape index (κ3) is 1.26. The molecule has 0 radical (unpaired) electrons. The van der Waals surface area contributed by atoms with Crippen molar-refractivity contribution in [1.29, 1.82) is 0 Å². The van der Waals surface area contributed by atoms with Gasteiger partial charge in [-0.25, -0.2) is 9.36 Å². The van der Waals surface area contributed by atoms with Crippen LogP contribution in [0.3, 0.4) is 0 Å². The van der Waals surface area contributed by atoms with Crippen molar-refractivity contribution < 1.29 is 14.6 Å². The number of nitrogens with zero attached hydrogens (tertiary/aromatic N) is 1. The zero-order valence-corrected chi connectivity index (χ0v) is 8.52. The van der Waals surface area contributed by atoms with Gasteiger partial charge >= 0.3 is 6.09 Å². The first-order valence-electron chi connectivity index (χ1n) is 4.54. The highest BCUT2D eigenvalue weighted by Gasteiger charge is 2.18. The van der Waals surface area contributed by atoms with Crippen molar-refractivity contribution in [2.24, 2.45) is 0 Å². The van der Waals surface area contributed by atoms with Crippen molar-refractivity contribution in [3.05, 3.63) is 30.0 Å². The van der Waals surface area contributed by atoms with Crippen LogP contribution in [0.1, 0.15) is 5.69 Å². The van der Waals surface area contributed by atoms with E-state index in [1.807, 2.05) is 24.3 Å². The summed E-state index contributed by atoms with van der Waals surface area (Å²) in [7, 11) is 1.47. The maximum atomic E-state index is 11.1. The second kappa shape index (κ2) is 3.31. The molecule has 0 amide bonds. The van der Waals surface area contributed by atoms with Crippen molar-refractivity contribution in [1.82, 2.24) is 4.57 Å². The smallest absolute Gasteiger partial charge is 0.418 e. The molecular formula is C11H11NO3. The zero-order chi connectivity index (χ0) is 11.0. The van der Waals surface area contributed by atoms with Gasteiger partial charge < -0.3 is 9.84 Å². The quantitative estimate of drug-likeness (QED) is 0.778. The minimum atomic E-state index is -1.03. The van der Waals surface area contributed by atoms with E-state index in [0.717, 1.165) is 15.3 Å². The maximum absolute atomic E-state index is 11.1. The van der Waals surface area contributed by atoms with Gasteiger partial charge in [-0.05, 0) is 13.0 Å². The average molecular weight is 205 g/mol. The molecule has 0 saturated carbocycles. The summed E-state index contributed by atoms with van der Waals surface area (Å²) < 4.78 is 6.28. The van der Waals surface area contributed by atoms with Gasteiger partial charge in [-0.15, -0.1) is 0 Å². The van der Waals surface area contributed by atoms with Gasteiger partial charge in [0, 0.05) is 16.5 Å². The Morgan fingerprint density at radius 1 is 1.33 bits per heavy atom. The predicted molar refractivity (Wildman–Crippen MR) is 56.6 cm³/mol. The summed E-state index contributed by atoms with van der Waals surface area (Å²) in [6, 6.07) is 7.46. The predicted octanol–water partition coefficient (Wildman–Crippen LogP) is 2.48. The van der Waals surface area contributed by atoms with E-state index in [2.05, 4.69) is 0 Å². The van der Waals surface area contributed by atoms with Crippen LogP contribution >= 0.6 is 0 Å². The largest absolute Gasteiger partial charge is 0.481 e. The lowest BCUT2D eigenvalue weighted by molar-refractivity contribution is 0.192. The lowest BCUT2D eigenvalue weighted by Gasteiger charge is -2.03. The summed E-state index contributed by atoms with van der Waals surface area (Å²) in [4.78, 5) is 11.1. The average Bonchev–Trinajstić information content (AvgIpc) is 2.52. The van der Waals surface area contributed by atoms with Crippen LogP contribution < -0.4 is 4.74 Å². The summed E-state index contributed by atoms with van der Waals surface area (Å²) in [5, 5.41) is 10.8. The number of aromatic nitrogens is 1. The van der Waals surface area contributed by atoms with Crippen LogP contribution in [0.4, 0.5) is 4.79 Å². The van der Waals surface area contributed by atoms with Gasteiger partial charge in [0.2, 0.25) is 5.88 Å². The molecule has 0 aliphatic rings. The van der Waals surface area contributed by atoms with E-state index in [9.17, 15) is 4.79 Å². The standard InChI is InChI=1S/C11H11NO3/c1-7-8-5-3-4-6-9(8)10(15-2)12(7)11(13)14/h3-6H,1-2H3,(H,13,14). The monoisotopic (exact) mass is 205 g/mol. The molecule has 2 rings (SSSR count). The molecule has 0 bridgehead atoms. The van der Waals surface area contributed by atoms with Crippen LogP contribution in [0, 0.1) is 6.92 Å². The number of benzene rings is 1. The molecule has 1 heterocycles. The molecule has 0 fully saturated rings. The molecule has 1 aromatic heterocycles. The third-order valence-corrected chi connectivity index (χ3v) is 2.47. The summed E-state index contributed by atoms with van der Waals surface area (Å²) in [5.41, 5.74) is 0.676. The molecule has 0 aliphatic heterocycles. The number of hydrogen-bond donors (Lipinski definition) is 1. The highest BCUT2D eigenvalue weighted by molar-refractivity contribution is 5.95. The van der Waals surface area contributed by atoms with E-state index in [4.69, 9.17) is 9.84 Å². The SMILES string of the molecule is COc1c2ccccc2c(C)n1C(=O)O. The summed E-state index contributed by atoms with van der Waals surface area (Å²) in [6.07, 6.45) is -1.03. The fourth-order valence-corrected chi connectivity index (χ4v) is 1.81. The number of ether oxygens (including phenoxy) is 1. The topological polar surface area (TPSA) is 51.5 Å². The molecule has 4 nitrogen and oxygen atoms in total. The van der Waals surface area contributed by atoms with E-state index < -0.39 is 6.09 Å². The highest BCUT2D eigenvalue weighted by Crippen LogP contribution is 2.31. The molecule has 78 valence electrons. The first-order valence-corrected chi connectivity index (χ1v) is 4.54. The van der Waals surface area contributed by atoms with E-state index in [1.165, 1.54) is 7.11 Å². The van der Waals surface area contributed by atoms with Crippen LogP contribution in [-0.2, 0) is 0 Å². The Hall–Kier alpha value is -1.97. The summed E-state index contributed by atoms with van der Waals surface area (Å²) in [6.45, 7) is 1.76. The van der Waals surface area contributed by atoms with E-state index in [-0.39, 0.29) is 0 Å². The lowest BCUT2D eigenvalue weighted by atomic mass is 10.2. The van der Waals surface area contributed by atoms with Crippen LogP contribution in [0.2, 0.25) is 0 Å². The Balaban J connectivity index is 2.90. The van der Waals surface area contributed by atoms with Gasteiger partial charge in [-0.1, -0.05) is 18.2 Å². The van der Waals surface area contributed by atoms with Crippen molar-refractivity contribution in [2.45, 2.75) is 6.92 Å². The number of aryl methyl sites for hydroxylation is 1. The molecule has 0 unspecified atom stereocenters. The fraction of sp³-hybridized carbons (Fsp3) is 0.182. The van der Waals surface area contributed by atoms with Crippen molar-refractivity contribution in [3.8, 4) is 5.88 Å². The van der Waals surface area contributed by atoms with E-state index in [1.54, 1.807) is 6.92 Å². The molecule has 4 heteroatoms. The zero-order valence-electron chi connectivity index (χ0n) is 8.52. The van der Waals surface area contributed by atoms with Crippen LogP contribution in [0.15, 0.2) is 24.3 Å². The number of hydrogen-bond acceptors (Lipinski definition) is 2. The lowest BCUT2D eigenvalue weighted by Crippen LogP contribution is -2.10. The molecular weight excluding hydrogens is 194 g/mol. The third-order valence-electron chi connectivity index (χ3n) is 2.47. The van der Waals surface area contributed by atoms with E-state index >= 15 is 0 Å². The fourth-order valence-electron chi connectivity index (χ4n) is 1.81. The van der Waals surface area contributed by atoms with Gasteiger partial charge in [0.15, 0.2) is 0 Å². The second-order valence-corrected chi connectivity index (χ2v) is 3.26. The van der Waals surface area contributed by atoms with Crippen molar-refractivity contribution >= 4 is 16.9 Å². The number of fused-ring (bicyclic) bond motifs is 1. The minimum Gasteiger partial charge on any atom is -0.481 e. The normalized spacial score (nSPS) is 10.5. The molecule has 0 saturated heterocycles. The van der Waals surface area contributed by atoms with E-state index in [0.29, 0.717) is 11.6 Å². The molecule has 0 aliphatic carbocycles. The summed E-state index contributed by atoms with van der Waals surface area (Å²) >= 11 is 0. The molecule has 1 N–H and O–H groups in total. The molecule has 2 aromatic rings. The number of carbonyl (C=O) groups is 1.